The normalized spacial score (nSPS) is 21.3. The zero-order chi connectivity index (χ0) is 26.5. The number of rotatable bonds is 5. The number of halogens is 3. The van der Waals surface area contributed by atoms with Gasteiger partial charge in [-0.05, 0) is 53.6 Å². The number of primary amides is 1. The number of benzene rings is 2. The maximum absolute atomic E-state index is 13.0. The van der Waals surface area contributed by atoms with E-state index in [1.165, 1.54) is 6.07 Å². The fraction of sp³-hybridized carbons (Fsp3) is 0.400. The Morgan fingerprint density at radius 3 is 2.53 bits per heavy atom. The SMILES string of the molecule is CC(C)(C)Cc1ccc2c(c1)C1(CNC(C(=O)Nc3ccc(C(N)=O)cc3OC(F)(F)F)C1)C(=O)N2. The number of hydrogen-bond acceptors (Lipinski definition) is 5. The standard InChI is InChI=1S/C25H27F3N4O4/c1-23(2,3)10-13-4-6-16-15(8-13)24(22(35)32-16)11-18(30-12-24)21(34)31-17-7-5-14(20(29)33)9-19(17)36-25(26,27)28/h4-9,18,30H,10-12H2,1-3H3,(H2,29,33)(H,31,34)(H,32,35). The second kappa shape index (κ2) is 8.81. The average Bonchev–Trinajstić information content (AvgIpc) is 3.30. The highest BCUT2D eigenvalue weighted by molar-refractivity contribution is 6.08. The Kier molecular flexibility index (Phi) is 6.24. The Morgan fingerprint density at radius 1 is 1.17 bits per heavy atom. The first-order valence-corrected chi connectivity index (χ1v) is 11.4. The van der Waals surface area contributed by atoms with Crippen molar-refractivity contribution in [2.75, 3.05) is 17.2 Å². The van der Waals surface area contributed by atoms with Gasteiger partial charge in [0.1, 0.15) is 0 Å². The quantitative estimate of drug-likeness (QED) is 0.497. The van der Waals surface area contributed by atoms with E-state index in [1.54, 1.807) is 0 Å². The Labute approximate surface area is 205 Å². The maximum atomic E-state index is 13.0. The minimum atomic E-state index is -5.05. The first-order chi connectivity index (χ1) is 16.7. The molecular formula is C25H27F3N4O4. The van der Waals surface area contributed by atoms with Crippen molar-refractivity contribution in [1.82, 2.24) is 5.32 Å². The molecule has 192 valence electrons. The molecule has 8 nitrogen and oxygen atoms in total. The molecule has 2 aromatic carbocycles. The molecule has 2 aromatic rings. The number of alkyl halides is 3. The molecule has 0 saturated carbocycles. The summed E-state index contributed by atoms with van der Waals surface area (Å²) >= 11 is 0. The smallest absolute Gasteiger partial charge is 0.404 e. The van der Waals surface area contributed by atoms with E-state index in [9.17, 15) is 27.6 Å². The molecule has 2 atom stereocenters. The lowest BCUT2D eigenvalue weighted by Crippen LogP contribution is -2.36. The van der Waals surface area contributed by atoms with Gasteiger partial charge < -0.3 is 26.4 Å². The number of amides is 3. The van der Waals surface area contributed by atoms with Crippen molar-refractivity contribution in [3.8, 4) is 5.75 Å². The first kappa shape index (κ1) is 25.5. The molecule has 1 saturated heterocycles. The van der Waals surface area contributed by atoms with Gasteiger partial charge in [-0.2, -0.15) is 0 Å². The zero-order valence-corrected chi connectivity index (χ0v) is 20.0. The number of carbonyl (C=O) groups excluding carboxylic acids is 3. The molecule has 11 heteroatoms. The molecule has 0 aromatic heterocycles. The predicted molar refractivity (Wildman–Crippen MR) is 127 cm³/mol. The van der Waals surface area contributed by atoms with Crippen molar-refractivity contribution >= 4 is 29.1 Å². The third-order valence-corrected chi connectivity index (χ3v) is 6.29. The highest BCUT2D eigenvalue weighted by atomic mass is 19.4. The monoisotopic (exact) mass is 504 g/mol. The van der Waals surface area contributed by atoms with E-state index in [4.69, 9.17) is 5.73 Å². The van der Waals surface area contributed by atoms with Gasteiger partial charge >= 0.3 is 6.36 Å². The fourth-order valence-corrected chi connectivity index (χ4v) is 4.74. The molecule has 36 heavy (non-hydrogen) atoms. The third-order valence-electron chi connectivity index (χ3n) is 6.29. The first-order valence-electron chi connectivity index (χ1n) is 11.4. The highest BCUT2D eigenvalue weighted by Gasteiger charge is 2.53. The van der Waals surface area contributed by atoms with E-state index in [1.807, 2.05) is 18.2 Å². The van der Waals surface area contributed by atoms with Crippen molar-refractivity contribution in [2.24, 2.45) is 11.1 Å². The van der Waals surface area contributed by atoms with E-state index >= 15 is 0 Å². The molecule has 2 aliphatic heterocycles. The van der Waals surface area contributed by atoms with Gasteiger partial charge in [0.15, 0.2) is 5.75 Å². The second-order valence-corrected chi connectivity index (χ2v) is 10.4. The van der Waals surface area contributed by atoms with Crippen molar-refractivity contribution in [3.63, 3.8) is 0 Å². The van der Waals surface area contributed by atoms with E-state index in [0.29, 0.717) is 5.69 Å². The zero-order valence-electron chi connectivity index (χ0n) is 20.0. The highest BCUT2D eigenvalue weighted by Crippen LogP contribution is 2.44. The molecule has 0 aliphatic carbocycles. The molecule has 2 unspecified atom stereocenters. The van der Waals surface area contributed by atoms with Crippen LogP contribution in [0.25, 0.3) is 0 Å². The Bertz CT molecular complexity index is 1240. The van der Waals surface area contributed by atoms with Gasteiger partial charge in [-0.3, -0.25) is 14.4 Å². The lowest BCUT2D eigenvalue weighted by atomic mass is 9.78. The summed E-state index contributed by atoms with van der Waals surface area (Å²) < 4.78 is 42.7. The summed E-state index contributed by atoms with van der Waals surface area (Å²) in [4.78, 5) is 37.4. The lowest BCUT2D eigenvalue weighted by Gasteiger charge is -2.23. The number of ether oxygens (including phenoxy) is 1. The number of fused-ring (bicyclic) bond motifs is 2. The van der Waals surface area contributed by atoms with Crippen LogP contribution in [0.15, 0.2) is 36.4 Å². The third kappa shape index (κ3) is 5.15. The average molecular weight is 505 g/mol. The molecule has 2 aliphatic rings. The Morgan fingerprint density at radius 2 is 1.89 bits per heavy atom. The van der Waals surface area contributed by atoms with Crippen molar-refractivity contribution in [1.29, 1.82) is 0 Å². The summed E-state index contributed by atoms with van der Waals surface area (Å²) in [5.41, 5.74) is 6.25. The molecule has 4 rings (SSSR count). The number of hydrogen-bond donors (Lipinski definition) is 4. The molecule has 0 radical (unpaired) electrons. The number of nitrogens with two attached hydrogens (primary N) is 1. The van der Waals surface area contributed by atoms with E-state index in [2.05, 4.69) is 41.5 Å². The van der Waals surface area contributed by atoms with Gasteiger partial charge in [0.2, 0.25) is 17.7 Å². The van der Waals surface area contributed by atoms with Gasteiger partial charge in [-0.15, -0.1) is 13.2 Å². The summed E-state index contributed by atoms with van der Waals surface area (Å²) in [6.45, 7) is 6.53. The number of anilines is 2. The van der Waals surface area contributed by atoms with Crippen LogP contribution < -0.4 is 26.4 Å². The second-order valence-electron chi connectivity index (χ2n) is 10.4. The van der Waals surface area contributed by atoms with Crippen LogP contribution in [0.1, 0.15) is 48.7 Å². The predicted octanol–water partition coefficient (Wildman–Crippen LogP) is 3.46. The minimum Gasteiger partial charge on any atom is -0.404 e. The van der Waals surface area contributed by atoms with Gasteiger partial charge in [-0.1, -0.05) is 32.9 Å². The minimum absolute atomic E-state index is 0.0358. The van der Waals surface area contributed by atoms with Gasteiger partial charge in [0, 0.05) is 17.8 Å². The molecular weight excluding hydrogens is 477 g/mol. The number of carbonyl (C=O) groups is 3. The van der Waals surface area contributed by atoms with Crippen LogP contribution in [-0.4, -0.2) is 36.7 Å². The van der Waals surface area contributed by atoms with Gasteiger partial charge in [-0.25, -0.2) is 0 Å². The molecule has 0 bridgehead atoms. The largest absolute Gasteiger partial charge is 0.573 e. The topological polar surface area (TPSA) is 123 Å². The van der Waals surface area contributed by atoms with Gasteiger partial charge in [0.25, 0.3) is 0 Å². The Hall–Kier alpha value is -3.60. The summed E-state index contributed by atoms with van der Waals surface area (Å²) in [5.74, 6) is -2.59. The molecule has 1 spiro atoms. The summed E-state index contributed by atoms with van der Waals surface area (Å²) in [5, 5.41) is 8.34. The van der Waals surface area contributed by atoms with E-state index in [-0.39, 0.29) is 35.5 Å². The van der Waals surface area contributed by atoms with Crippen LogP contribution in [-0.2, 0) is 21.4 Å². The van der Waals surface area contributed by atoms with E-state index in [0.717, 1.165) is 29.7 Å². The summed E-state index contributed by atoms with van der Waals surface area (Å²) in [6, 6.07) is 8.06. The maximum Gasteiger partial charge on any atom is 0.573 e. The summed E-state index contributed by atoms with van der Waals surface area (Å²) in [7, 11) is 0. The van der Waals surface area contributed by atoms with Crippen molar-refractivity contribution in [2.45, 2.75) is 51.4 Å². The van der Waals surface area contributed by atoms with Crippen LogP contribution in [0.2, 0.25) is 0 Å². The fourth-order valence-electron chi connectivity index (χ4n) is 4.74. The lowest BCUT2D eigenvalue weighted by molar-refractivity contribution is -0.274. The number of nitrogens with one attached hydrogen (secondary N) is 3. The molecule has 1 fully saturated rings. The van der Waals surface area contributed by atoms with Crippen LogP contribution in [0.3, 0.4) is 0 Å². The van der Waals surface area contributed by atoms with Crippen LogP contribution in [0.5, 0.6) is 5.75 Å². The van der Waals surface area contributed by atoms with Crippen LogP contribution in [0, 0.1) is 5.41 Å². The van der Waals surface area contributed by atoms with Crippen molar-refractivity contribution in [3.05, 3.63) is 53.1 Å². The molecule has 2 heterocycles. The summed E-state index contributed by atoms with van der Waals surface area (Å²) in [6.07, 6.45) is -4.14. The van der Waals surface area contributed by atoms with Crippen LogP contribution in [0.4, 0.5) is 24.5 Å². The van der Waals surface area contributed by atoms with Crippen LogP contribution >= 0.6 is 0 Å². The molecule has 5 N–H and O–H groups in total. The van der Waals surface area contributed by atoms with Crippen molar-refractivity contribution < 1.29 is 32.3 Å². The van der Waals surface area contributed by atoms with Gasteiger partial charge in [0.05, 0.1) is 17.1 Å². The Balaban J connectivity index is 1.57. The van der Waals surface area contributed by atoms with E-state index < -0.39 is 35.4 Å². The molecule has 3 amide bonds.